The third kappa shape index (κ3) is 4.14. The zero-order valence-electron chi connectivity index (χ0n) is 13.0. The molecule has 0 saturated heterocycles. The van der Waals surface area contributed by atoms with Crippen molar-refractivity contribution in [3.8, 4) is 0 Å². The van der Waals surface area contributed by atoms with Crippen LogP contribution < -0.4 is 5.32 Å². The van der Waals surface area contributed by atoms with Crippen LogP contribution in [0.4, 0.5) is 5.82 Å². The van der Waals surface area contributed by atoms with E-state index >= 15 is 0 Å². The molecule has 6 heteroatoms. The van der Waals surface area contributed by atoms with Crippen molar-refractivity contribution in [2.45, 2.75) is 32.7 Å². The molecule has 1 fully saturated rings. The molecule has 116 valence electrons. The number of ether oxygens (including phenoxy) is 1. The van der Waals surface area contributed by atoms with Crippen molar-refractivity contribution in [2.75, 3.05) is 32.1 Å². The van der Waals surface area contributed by atoms with E-state index in [9.17, 15) is 4.79 Å². The summed E-state index contributed by atoms with van der Waals surface area (Å²) in [6, 6.07) is 0.220. The highest BCUT2D eigenvalue weighted by atomic mass is 16.5. The van der Waals surface area contributed by atoms with Crippen molar-refractivity contribution in [3.63, 3.8) is 0 Å². The van der Waals surface area contributed by atoms with Crippen molar-refractivity contribution >= 4 is 11.7 Å². The fourth-order valence-corrected chi connectivity index (χ4v) is 2.40. The molecule has 1 aromatic rings. The Balaban J connectivity index is 2.13. The second kappa shape index (κ2) is 7.36. The summed E-state index contributed by atoms with van der Waals surface area (Å²) in [5.74, 6) is 1.17. The lowest BCUT2D eigenvalue weighted by Crippen LogP contribution is -2.42. The summed E-state index contributed by atoms with van der Waals surface area (Å²) in [4.78, 5) is 23.0. The molecule has 1 N–H and O–H groups in total. The minimum atomic E-state index is -0.0706. The number of amides is 1. The van der Waals surface area contributed by atoms with Crippen molar-refractivity contribution < 1.29 is 9.53 Å². The molecular weight excluding hydrogens is 268 g/mol. The van der Waals surface area contributed by atoms with Crippen LogP contribution in [-0.2, 0) is 4.74 Å². The van der Waals surface area contributed by atoms with Gasteiger partial charge < -0.3 is 15.0 Å². The molecule has 1 saturated carbocycles. The van der Waals surface area contributed by atoms with Gasteiger partial charge in [0.1, 0.15) is 11.5 Å². The van der Waals surface area contributed by atoms with Gasteiger partial charge in [-0.1, -0.05) is 0 Å². The average molecular weight is 292 g/mol. The first-order valence-corrected chi connectivity index (χ1v) is 7.53. The van der Waals surface area contributed by atoms with E-state index in [0.29, 0.717) is 30.6 Å². The molecular formula is C15H24N4O2. The largest absolute Gasteiger partial charge is 0.383 e. The number of aromatic nitrogens is 2. The number of nitrogens with one attached hydrogen (secondary N) is 1. The summed E-state index contributed by atoms with van der Waals surface area (Å²) in [5, 5.41) is 3.08. The molecule has 0 aliphatic heterocycles. The second-order valence-electron chi connectivity index (χ2n) is 5.39. The first-order chi connectivity index (χ1) is 10.2. The van der Waals surface area contributed by atoms with Crippen molar-refractivity contribution in [1.82, 2.24) is 14.9 Å². The Labute approximate surface area is 125 Å². The van der Waals surface area contributed by atoms with E-state index in [2.05, 4.69) is 22.2 Å². The lowest BCUT2D eigenvalue weighted by molar-refractivity contribution is 0.0588. The van der Waals surface area contributed by atoms with Crippen molar-refractivity contribution in [1.29, 1.82) is 0 Å². The normalized spacial score (nSPS) is 15.6. The standard InChI is InChI=1S/C15H24N4O2/c1-4-17-14-10-16-9-13(18-14)15(20)19(7-8-21-3)11(2)12-5-6-12/h9-12H,4-8H2,1-3H3,(H,17,18). The maximum atomic E-state index is 12.7. The van der Waals surface area contributed by atoms with Crippen molar-refractivity contribution in [2.24, 2.45) is 5.92 Å². The van der Waals surface area contributed by atoms with Gasteiger partial charge in [-0.2, -0.15) is 0 Å². The van der Waals surface area contributed by atoms with Gasteiger partial charge in [-0.25, -0.2) is 4.98 Å². The van der Waals surface area contributed by atoms with Gasteiger partial charge in [0.25, 0.3) is 5.91 Å². The Bertz CT molecular complexity index is 476. The summed E-state index contributed by atoms with van der Waals surface area (Å²) in [5.41, 5.74) is 0.386. The summed E-state index contributed by atoms with van der Waals surface area (Å²) >= 11 is 0. The van der Waals surface area contributed by atoms with Crippen LogP contribution in [0.1, 0.15) is 37.2 Å². The van der Waals surface area contributed by atoms with Gasteiger partial charge in [-0.05, 0) is 32.6 Å². The Kier molecular flexibility index (Phi) is 5.50. The summed E-state index contributed by atoms with van der Waals surface area (Å²) in [7, 11) is 1.65. The number of hydrogen-bond donors (Lipinski definition) is 1. The second-order valence-corrected chi connectivity index (χ2v) is 5.39. The van der Waals surface area contributed by atoms with E-state index in [-0.39, 0.29) is 11.9 Å². The highest BCUT2D eigenvalue weighted by molar-refractivity contribution is 5.92. The predicted octanol–water partition coefficient (Wildman–Crippen LogP) is 1.80. The van der Waals surface area contributed by atoms with Crippen LogP contribution in [0, 0.1) is 5.92 Å². The number of carbonyl (C=O) groups excluding carboxylic acids is 1. The van der Waals surface area contributed by atoms with E-state index < -0.39 is 0 Å². The molecule has 0 bridgehead atoms. The number of methoxy groups -OCH3 is 1. The Morgan fingerprint density at radius 3 is 2.90 bits per heavy atom. The zero-order valence-corrected chi connectivity index (χ0v) is 13.0. The van der Waals surface area contributed by atoms with Gasteiger partial charge in [0.15, 0.2) is 0 Å². The quantitative estimate of drug-likeness (QED) is 0.791. The molecule has 0 spiro atoms. The maximum Gasteiger partial charge on any atom is 0.274 e. The first kappa shape index (κ1) is 15.7. The van der Waals surface area contributed by atoms with Crippen LogP contribution in [0.2, 0.25) is 0 Å². The molecule has 1 unspecified atom stereocenters. The van der Waals surface area contributed by atoms with Gasteiger partial charge >= 0.3 is 0 Å². The number of anilines is 1. The number of hydrogen-bond acceptors (Lipinski definition) is 5. The van der Waals surface area contributed by atoms with E-state index in [1.807, 2.05) is 11.8 Å². The van der Waals surface area contributed by atoms with Crippen molar-refractivity contribution in [3.05, 3.63) is 18.1 Å². The summed E-state index contributed by atoms with van der Waals surface area (Å²) in [6.07, 6.45) is 5.55. The van der Waals surface area contributed by atoms with Gasteiger partial charge in [-0.3, -0.25) is 9.78 Å². The topological polar surface area (TPSA) is 67.4 Å². The summed E-state index contributed by atoms with van der Waals surface area (Å²) < 4.78 is 5.13. The van der Waals surface area contributed by atoms with E-state index in [1.54, 1.807) is 13.3 Å². The van der Waals surface area contributed by atoms with E-state index in [4.69, 9.17) is 4.74 Å². The monoisotopic (exact) mass is 292 g/mol. The van der Waals surface area contributed by atoms with Gasteiger partial charge in [-0.15, -0.1) is 0 Å². The third-order valence-corrected chi connectivity index (χ3v) is 3.80. The molecule has 1 aliphatic carbocycles. The van der Waals surface area contributed by atoms with Crippen LogP contribution in [0.5, 0.6) is 0 Å². The minimum Gasteiger partial charge on any atom is -0.383 e. The molecule has 1 amide bonds. The average Bonchev–Trinajstić information content (AvgIpc) is 3.32. The van der Waals surface area contributed by atoms with Crippen LogP contribution in [0.15, 0.2) is 12.4 Å². The molecule has 1 aliphatic rings. The lowest BCUT2D eigenvalue weighted by atomic mass is 10.1. The molecule has 1 heterocycles. The molecule has 1 atom stereocenters. The Morgan fingerprint density at radius 1 is 1.52 bits per heavy atom. The molecule has 1 aromatic heterocycles. The van der Waals surface area contributed by atoms with Crippen LogP contribution in [-0.4, -0.2) is 53.6 Å². The zero-order chi connectivity index (χ0) is 15.2. The fourth-order valence-electron chi connectivity index (χ4n) is 2.40. The third-order valence-electron chi connectivity index (χ3n) is 3.80. The Morgan fingerprint density at radius 2 is 2.29 bits per heavy atom. The number of nitrogens with zero attached hydrogens (tertiary/aromatic N) is 3. The van der Waals surface area contributed by atoms with Gasteiger partial charge in [0.05, 0.1) is 19.0 Å². The SMILES string of the molecule is CCNc1cncc(C(=O)N(CCOC)C(C)C2CC2)n1. The molecule has 6 nitrogen and oxygen atoms in total. The van der Waals surface area contributed by atoms with Crippen LogP contribution >= 0.6 is 0 Å². The first-order valence-electron chi connectivity index (χ1n) is 7.53. The maximum absolute atomic E-state index is 12.7. The highest BCUT2D eigenvalue weighted by Gasteiger charge is 2.34. The van der Waals surface area contributed by atoms with Gasteiger partial charge in [0.2, 0.25) is 0 Å². The summed E-state index contributed by atoms with van der Waals surface area (Å²) in [6.45, 7) is 5.95. The molecule has 0 radical (unpaired) electrons. The smallest absolute Gasteiger partial charge is 0.274 e. The minimum absolute atomic E-state index is 0.0706. The number of rotatable bonds is 8. The number of carbonyl (C=O) groups is 1. The molecule has 21 heavy (non-hydrogen) atoms. The van der Waals surface area contributed by atoms with Crippen LogP contribution in [0.3, 0.4) is 0 Å². The lowest BCUT2D eigenvalue weighted by Gasteiger charge is -2.29. The molecule has 0 aromatic carbocycles. The highest BCUT2D eigenvalue weighted by Crippen LogP contribution is 2.35. The van der Waals surface area contributed by atoms with E-state index in [1.165, 1.54) is 19.0 Å². The van der Waals surface area contributed by atoms with Gasteiger partial charge in [0, 0.05) is 26.2 Å². The fraction of sp³-hybridized carbons (Fsp3) is 0.667. The predicted molar refractivity (Wildman–Crippen MR) is 81.3 cm³/mol. The molecule has 2 rings (SSSR count). The Hall–Kier alpha value is -1.69. The van der Waals surface area contributed by atoms with E-state index in [0.717, 1.165) is 6.54 Å². The van der Waals surface area contributed by atoms with Crippen LogP contribution in [0.25, 0.3) is 0 Å².